The number of benzene rings is 2. The van der Waals surface area contributed by atoms with Gasteiger partial charge >= 0.3 is 15.1 Å². The molecule has 2 unspecified atom stereocenters. The van der Waals surface area contributed by atoms with Crippen molar-refractivity contribution in [1.29, 1.82) is 0 Å². The molecule has 0 saturated heterocycles. The molecule has 0 N–H and O–H groups in total. The summed E-state index contributed by atoms with van der Waals surface area (Å²) >= 11 is 0. The van der Waals surface area contributed by atoms with E-state index in [1.54, 1.807) is 0 Å². The first-order chi connectivity index (χ1) is 15.6. The molecule has 0 amide bonds. The summed E-state index contributed by atoms with van der Waals surface area (Å²) in [4.78, 5) is 26.3. The number of carbonyl (C=O) groups is 2. The number of Topliss-reactive ketones (excluding diaryl/α,β-unsaturated/α-hetero) is 1. The van der Waals surface area contributed by atoms with Gasteiger partial charge in [-0.3, -0.25) is 9.59 Å². The minimum absolute atomic E-state index is 0.183. The van der Waals surface area contributed by atoms with Gasteiger partial charge in [-0.05, 0) is 37.0 Å². The molecule has 2 atom stereocenters. The fourth-order valence-corrected chi connectivity index (χ4v) is 3.88. The topological polar surface area (TPSA) is 60.4 Å². The summed E-state index contributed by atoms with van der Waals surface area (Å²) in [6.07, 6.45) is 9.49. The molecule has 0 saturated carbocycles. The Morgan fingerprint density at radius 1 is 0.781 bits per heavy atom. The van der Waals surface area contributed by atoms with Gasteiger partial charge in [0.05, 0.1) is 6.61 Å². The van der Waals surface area contributed by atoms with Crippen LogP contribution in [-0.4, -0.2) is 18.4 Å². The molecule has 2 aromatic rings. The number of hydrogen-bond donors (Lipinski definition) is 0. The molecular weight excluding hydrogens is 419 g/mol. The number of hydrogen-bond acceptors (Lipinski definition) is 4. The Bertz CT molecular complexity index is 799. The molecule has 2 rings (SSSR count). The van der Waals surface area contributed by atoms with Crippen LogP contribution in [0.3, 0.4) is 0 Å². The highest BCUT2D eigenvalue weighted by atomic mass is 31.0. The van der Waals surface area contributed by atoms with Gasteiger partial charge in [0, 0.05) is 5.56 Å². The Balaban J connectivity index is 0.00000249. The van der Waals surface area contributed by atoms with Gasteiger partial charge in [0.2, 0.25) is 0 Å². The molecule has 2 aromatic carbocycles. The lowest BCUT2D eigenvalue weighted by molar-refractivity contribution is -0.144. The van der Waals surface area contributed by atoms with Gasteiger partial charge in [-0.1, -0.05) is 105 Å². The van der Waals surface area contributed by atoms with Crippen molar-refractivity contribution in [3.8, 4) is 0 Å². The zero-order chi connectivity index (χ0) is 23.8. The number of aryl methyl sites for hydroxylation is 2. The standard InChI is InChI=1S/C27H36O3.H2OP/c1-4-5-6-7-8-9-10-14-20-30-27(29)25(23-18-12-11-13-19-23)26(28)24-21(2)16-15-17-22(24)3;1-2/h11-13,15-19,25H,4-10,14,20H2,1-3H3;2H2/q;+1. The van der Waals surface area contributed by atoms with Crippen LogP contribution in [0.25, 0.3) is 0 Å². The van der Waals surface area contributed by atoms with Gasteiger partial charge in [0.15, 0.2) is 5.78 Å². The van der Waals surface area contributed by atoms with Gasteiger partial charge in [-0.25, -0.2) is 0 Å². The predicted octanol–water partition coefficient (Wildman–Crippen LogP) is 7.16. The van der Waals surface area contributed by atoms with Crippen molar-refractivity contribution in [3.63, 3.8) is 0 Å². The number of ether oxygens (including phenoxy) is 1. The third-order valence-corrected chi connectivity index (χ3v) is 5.60. The Morgan fingerprint density at radius 2 is 1.31 bits per heavy atom. The van der Waals surface area contributed by atoms with Gasteiger partial charge in [0.1, 0.15) is 5.92 Å². The molecule has 0 aliphatic rings. The van der Waals surface area contributed by atoms with Crippen LogP contribution in [0.1, 0.15) is 91.3 Å². The summed E-state index contributed by atoms with van der Waals surface area (Å²) in [6.45, 7) is 6.42. The quantitative estimate of drug-likeness (QED) is 0.105. The first-order valence-corrected chi connectivity index (χ1v) is 12.1. The number of ketones is 1. The van der Waals surface area contributed by atoms with E-state index in [0.29, 0.717) is 17.7 Å². The second-order valence-corrected chi connectivity index (χ2v) is 8.12. The molecule has 0 heterocycles. The van der Waals surface area contributed by atoms with Crippen molar-refractivity contribution in [2.45, 2.75) is 78.1 Å². The van der Waals surface area contributed by atoms with E-state index in [9.17, 15) is 9.59 Å². The van der Waals surface area contributed by atoms with Crippen LogP contribution in [0.15, 0.2) is 48.5 Å². The van der Waals surface area contributed by atoms with Crippen LogP contribution >= 0.6 is 9.12 Å². The van der Waals surface area contributed by atoms with Crippen molar-refractivity contribution < 1.29 is 18.9 Å². The third kappa shape index (κ3) is 9.04. The SMILES string of the molecule is CCCCCCCCCCOC(=O)C(C(=O)c1c(C)cccc1C)c1ccccc1.O=[PH2+]. The zero-order valence-electron chi connectivity index (χ0n) is 19.8. The molecule has 4 nitrogen and oxygen atoms in total. The Kier molecular flexibility index (Phi) is 14.1. The van der Waals surface area contributed by atoms with E-state index in [1.807, 2.05) is 62.4 Å². The third-order valence-electron chi connectivity index (χ3n) is 5.60. The van der Waals surface area contributed by atoms with Crippen LogP contribution in [0.2, 0.25) is 0 Å². The van der Waals surface area contributed by atoms with Crippen molar-refractivity contribution in [2.75, 3.05) is 6.61 Å². The summed E-state index contributed by atoms with van der Waals surface area (Å²) in [5, 5.41) is 0. The molecule has 32 heavy (non-hydrogen) atoms. The number of rotatable bonds is 13. The molecule has 174 valence electrons. The normalized spacial score (nSPS) is 11.2. The lowest BCUT2D eigenvalue weighted by atomic mass is 9.87. The van der Waals surface area contributed by atoms with Crippen molar-refractivity contribution in [2.24, 2.45) is 0 Å². The number of esters is 1. The van der Waals surface area contributed by atoms with Crippen LogP contribution in [0.4, 0.5) is 0 Å². The molecule has 5 heteroatoms. The molecule has 0 spiro atoms. The first-order valence-electron chi connectivity index (χ1n) is 11.6. The largest absolute Gasteiger partial charge is 0.465 e. The monoisotopic (exact) mass is 457 g/mol. The average Bonchev–Trinajstić information content (AvgIpc) is 2.80. The maximum Gasteiger partial charge on any atom is 0.321 e. The zero-order valence-corrected chi connectivity index (χ0v) is 20.9. The van der Waals surface area contributed by atoms with E-state index in [1.165, 1.54) is 47.6 Å². The molecule has 0 bridgehead atoms. The maximum absolute atomic E-state index is 13.4. The van der Waals surface area contributed by atoms with E-state index in [0.717, 1.165) is 24.0 Å². The fourth-order valence-electron chi connectivity index (χ4n) is 3.88. The molecule has 0 fully saturated rings. The lowest BCUT2D eigenvalue weighted by Crippen LogP contribution is -2.26. The summed E-state index contributed by atoms with van der Waals surface area (Å²) in [5.41, 5.74) is 3.08. The van der Waals surface area contributed by atoms with E-state index in [-0.39, 0.29) is 5.78 Å². The number of unbranched alkanes of at least 4 members (excludes halogenated alkanes) is 7. The second kappa shape index (κ2) is 16.3. The van der Waals surface area contributed by atoms with E-state index in [2.05, 4.69) is 6.92 Å². The predicted molar refractivity (Wildman–Crippen MR) is 133 cm³/mol. The first kappa shape index (κ1) is 27.7. The van der Waals surface area contributed by atoms with Crippen LogP contribution < -0.4 is 0 Å². The molecule has 0 radical (unpaired) electrons. The van der Waals surface area contributed by atoms with Crippen molar-refractivity contribution >= 4 is 20.9 Å². The minimum Gasteiger partial charge on any atom is -0.465 e. The molecular formula is C27H38O4P+. The summed E-state index contributed by atoms with van der Waals surface area (Å²) < 4.78 is 13.7. The van der Waals surface area contributed by atoms with Crippen LogP contribution in [-0.2, 0) is 14.1 Å². The maximum atomic E-state index is 13.4. The smallest absolute Gasteiger partial charge is 0.321 e. The fraction of sp³-hybridized carbons (Fsp3) is 0.481. The Morgan fingerprint density at radius 3 is 1.88 bits per heavy atom. The van der Waals surface area contributed by atoms with E-state index >= 15 is 0 Å². The molecule has 0 aliphatic heterocycles. The van der Waals surface area contributed by atoms with Gasteiger partial charge < -0.3 is 4.74 Å². The van der Waals surface area contributed by atoms with E-state index < -0.39 is 11.9 Å². The summed E-state index contributed by atoms with van der Waals surface area (Å²) in [7, 11) is 1.17. The minimum atomic E-state index is -0.917. The summed E-state index contributed by atoms with van der Waals surface area (Å²) in [6, 6.07) is 15.0. The van der Waals surface area contributed by atoms with Gasteiger partial charge in [0.25, 0.3) is 0 Å². The average molecular weight is 458 g/mol. The van der Waals surface area contributed by atoms with Crippen LogP contribution in [0, 0.1) is 13.8 Å². The van der Waals surface area contributed by atoms with Gasteiger partial charge in [-0.2, -0.15) is 0 Å². The number of carbonyl (C=O) groups excluding carboxylic acids is 2. The van der Waals surface area contributed by atoms with E-state index in [4.69, 9.17) is 9.30 Å². The van der Waals surface area contributed by atoms with Crippen LogP contribution in [0.5, 0.6) is 0 Å². The molecule has 0 aromatic heterocycles. The second-order valence-electron chi connectivity index (χ2n) is 8.12. The van der Waals surface area contributed by atoms with Crippen molar-refractivity contribution in [3.05, 3.63) is 70.8 Å². The Labute approximate surface area is 195 Å². The Hall–Kier alpha value is -2.32. The summed E-state index contributed by atoms with van der Waals surface area (Å²) in [5.74, 6) is -1.55. The van der Waals surface area contributed by atoms with Crippen molar-refractivity contribution in [1.82, 2.24) is 0 Å². The molecule has 0 aliphatic carbocycles. The highest BCUT2D eigenvalue weighted by molar-refractivity contribution is 7.00. The highest BCUT2D eigenvalue weighted by Crippen LogP contribution is 2.26. The highest BCUT2D eigenvalue weighted by Gasteiger charge is 2.32. The lowest BCUT2D eigenvalue weighted by Gasteiger charge is -2.18. The van der Waals surface area contributed by atoms with Gasteiger partial charge in [-0.15, -0.1) is 0 Å².